The van der Waals surface area contributed by atoms with Crippen molar-refractivity contribution >= 4 is 11.7 Å². The highest BCUT2D eigenvalue weighted by atomic mass is 16.4. The molecule has 2 aromatic heterocycles. The second-order valence-corrected chi connectivity index (χ2v) is 5.17. The summed E-state index contributed by atoms with van der Waals surface area (Å²) in [7, 11) is 0. The maximum Gasteiger partial charge on any atom is 0.326 e. The minimum Gasteiger partial charge on any atom is -0.480 e. The largest absolute Gasteiger partial charge is 0.480 e. The van der Waals surface area contributed by atoms with Crippen LogP contribution in [0.5, 0.6) is 0 Å². The second kappa shape index (κ2) is 5.14. The van der Waals surface area contributed by atoms with E-state index in [9.17, 15) is 14.7 Å². The number of aliphatic carboxylic acids is 1. The number of nitrogens with zero attached hydrogens (tertiary/aromatic N) is 3. The van der Waals surface area contributed by atoms with Crippen molar-refractivity contribution in [2.45, 2.75) is 19.9 Å². The molecule has 112 valence electrons. The smallest absolute Gasteiger partial charge is 0.326 e. The van der Waals surface area contributed by atoms with Crippen LogP contribution in [0, 0.1) is 6.92 Å². The average molecular weight is 297 g/mol. The molecule has 3 rings (SSSR count). The van der Waals surface area contributed by atoms with Crippen LogP contribution in [0.1, 0.15) is 18.7 Å². The summed E-state index contributed by atoms with van der Waals surface area (Å²) in [5.41, 5.74) is 1.85. The Bertz CT molecular complexity index is 910. The maximum absolute atomic E-state index is 12.2. The van der Waals surface area contributed by atoms with Crippen molar-refractivity contribution in [3.05, 3.63) is 58.6 Å². The number of carbonyl (C=O) groups is 1. The third-order valence-corrected chi connectivity index (χ3v) is 3.67. The third-order valence-electron chi connectivity index (χ3n) is 3.67. The van der Waals surface area contributed by atoms with Gasteiger partial charge in [-0.1, -0.05) is 30.3 Å². The van der Waals surface area contributed by atoms with E-state index in [0.717, 1.165) is 5.56 Å². The van der Waals surface area contributed by atoms with Crippen LogP contribution >= 0.6 is 0 Å². The zero-order chi connectivity index (χ0) is 15.9. The van der Waals surface area contributed by atoms with Gasteiger partial charge in [-0.15, -0.1) is 0 Å². The van der Waals surface area contributed by atoms with E-state index in [1.54, 1.807) is 24.6 Å². The van der Waals surface area contributed by atoms with Crippen molar-refractivity contribution < 1.29 is 9.90 Å². The summed E-state index contributed by atoms with van der Waals surface area (Å²) in [4.78, 5) is 27.9. The molecule has 0 aliphatic carbocycles. The van der Waals surface area contributed by atoms with Crippen LogP contribution in [-0.2, 0) is 4.79 Å². The summed E-state index contributed by atoms with van der Waals surface area (Å²) in [6, 6.07) is 10.1. The number of hydrogen-bond acceptors (Lipinski definition) is 3. The number of rotatable bonds is 3. The fourth-order valence-corrected chi connectivity index (χ4v) is 2.52. The first kappa shape index (κ1) is 14.1. The maximum atomic E-state index is 12.2. The molecular formula is C16H15N3O3. The molecule has 3 aromatic rings. The lowest BCUT2D eigenvalue weighted by molar-refractivity contribution is -0.140. The van der Waals surface area contributed by atoms with Gasteiger partial charge in [0.2, 0.25) is 5.78 Å². The van der Waals surface area contributed by atoms with E-state index in [1.807, 2.05) is 30.3 Å². The van der Waals surface area contributed by atoms with Gasteiger partial charge >= 0.3 is 5.97 Å². The Kier molecular flexibility index (Phi) is 3.29. The molecule has 0 aliphatic rings. The Hall–Kier alpha value is -2.89. The molecule has 1 N–H and O–H groups in total. The summed E-state index contributed by atoms with van der Waals surface area (Å²) < 4.78 is 2.94. The van der Waals surface area contributed by atoms with Crippen LogP contribution in [0.2, 0.25) is 0 Å². The topological polar surface area (TPSA) is 76.6 Å². The van der Waals surface area contributed by atoms with E-state index < -0.39 is 12.0 Å². The van der Waals surface area contributed by atoms with Crippen LogP contribution < -0.4 is 5.56 Å². The normalized spacial score (nSPS) is 12.5. The Morgan fingerprint density at radius 3 is 2.59 bits per heavy atom. The zero-order valence-electron chi connectivity index (χ0n) is 12.2. The quantitative estimate of drug-likeness (QED) is 0.803. The molecule has 0 saturated carbocycles. The molecule has 0 radical (unpaired) electrons. The van der Waals surface area contributed by atoms with Gasteiger partial charge in [-0.05, 0) is 13.8 Å². The number of imidazole rings is 1. The molecule has 0 spiro atoms. The summed E-state index contributed by atoms with van der Waals surface area (Å²) in [6.45, 7) is 3.27. The predicted molar refractivity (Wildman–Crippen MR) is 82.0 cm³/mol. The molecule has 6 heteroatoms. The number of aromatic nitrogens is 3. The first-order chi connectivity index (χ1) is 10.5. The van der Waals surface area contributed by atoms with E-state index in [1.165, 1.54) is 10.5 Å². The molecule has 0 aliphatic heterocycles. The Balaban J connectivity index is 2.31. The first-order valence-electron chi connectivity index (χ1n) is 6.88. The number of fused-ring (bicyclic) bond motifs is 1. The molecular weight excluding hydrogens is 282 g/mol. The van der Waals surface area contributed by atoms with Gasteiger partial charge in [0.1, 0.15) is 6.04 Å². The molecule has 2 heterocycles. The number of carboxylic acid groups (broad SMARTS) is 1. The molecule has 1 aromatic carbocycles. The van der Waals surface area contributed by atoms with E-state index in [0.29, 0.717) is 17.2 Å². The van der Waals surface area contributed by atoms with Crippen molar-refractivity contribution in [2.75, 3.05) is 0 Å². The number of carboxylic acids is 1. The zero-order valence-corrected chi connectivity index (χ0v) is 12.2. The van der Waals surface area contributed by atoms with Crippen LogP contribution in [0.3, 0.4) is 0 Å². The SMILES string of the molecule is Cc1cc(=O)n2cc(-c3ccccc3)nc2n1[C@H](C)C(=O)O. The van der Waals surface area contributed by atoms with Gasteiger partial charge in [0.25, 0.3) is 5.56 Å². The van der Waals surface area contributed by atoms with Crippen molar-refractivity contribution in [3.63, 3.8) is 0 Å². The molecule has 0 unspecified atom stereocenters. The predicted octanol–water partition coefficient (Wildman–Crippen LogP) is 2.12. The van der Waals surface area contributed by atoms with Gasteiger partial charge in [-0.2, -0.15) is 0 Å². The third kappa shape index (κ3) is 2.18. The number of benzene rings is 1. The van der Waals surface area contributed by atoms with Gasteiger partial charge < -0.3 is 9.67 Å². The van der Waals surface area contributed by atoms with Crippen molar-refractivity contribution in [3.8, 4) is 11.3 Å². The molecule has 0 amide bonds. The summed E-state index contributed by atoms with van der Waals surface area (Å²) in [6.07, 6.45) is 1.64. The van der Waals surface area contributed by atoms with Gasteiger partial charge in [0.15, 0.2) is 0 Å². The van der Waals surface area contributed by atoms with E-state index in [-0.39, 0.29) is 5.56 Å². The lowest BCUT2D eigenvalue weighted by atomic mass is 10.2. The Morgan fingerprint density at radius 2 is 1.95 bits per heavy atom. The monoisotopic (exact) mass is 297 g/mol. The van der Waals surface area contributed by atoms with Gasteiger partial charge in [0, 0.05) is 23.5 Å². The van der Waals surface area contributed by atoms with Crippen molar-refractivity contribution in [2.24, 2.45) is 0 Å². The fourth-order valence-electron chi connectivity index (χ4n) is 2.52. The fraction of sp³-hybridized carbons (Fsp3) is 0.188. The molecule has 0 fully saturated rings. The number of aryl methyl sites for hydroxylation is 1. The summed E-state index contributed by atoms with van der Waals surface area (Å²) in [5.74, 6) is -0.642. The lowest BCUT2D eigenvalue weighted by Gasteiger charge is -2.15. The van der Waals surface area contributed by atoms with Crippen molar-refractivity contribution in [1.82, 2.24) is 14.0 Å². The van der Waals surface area contributed by atoms with Crippen LogP contribution in [0.4, 0.5) is 0 Å². The highest BCUT2D eigenvalue weighted by Gasteiger charge is 2.20. The second-order valence-electron chi connectivity index (χ2n) is 5.17. The van der Waals surface area contributed by atoms with E-state index in [2.05, 4.69) is 4.98 Å². The van der Waals surface area contributed by atoms with Crippen molar-refractivity contribution in [1.29, 1.82) is 0 Å². The first-order valence-corrected chi connectivity index (χ1v) is 6.88. The molecule has 0 saturated heterocycles. The molecule has 1 atom stereocenters. The van der Waals surface area contributed by atoms with Crippen LogP contribution in [0.15, 0.2) is 47.4 Å². The van der Waals surface area contributed by atoms with Crippen LogP contribution in [-0.4, -0.2) is 25.0 Å². The van der Waals surface area contributed by atoms with E-state index in [4.69, 9.17) is 0 Å². The van der Waals surface area contributed by atoms with Gasteiger partial charge in [-0.25, -0.2) is 9.78 Å². The van der Waals surface area contributed by atoms with E-state index >= 15 is 0 Å². The molecule has 0 bridgehead atoms. The van der Waals surface area contributed by atoms with Gasteiger partial charge in [0.05, 0.1) is 5.69 Å². The summed E-state index contributed by atoms with van der Waals surface area (Å²) in [5, 5.41) is 9.28. The molecule has 6 nitrogen and oxygen atoms in total. The van der Waals surface area contributed by atoms with Gasteiger partial charge in [-0.3, -0.25) is 9.20 Å². The number of hydrogen-bond donors (Lipinski definition) is 1. The summed E-state index contributed by atoms with van der Waals surface area (Å²) >= 11 is 0. The Labute approximate surface area is 126 Å². The lowest BCUT2D eigenvalue weighted by Crippen LogP contribution is -2.24. The highest BCUT2D eigenvalue weighted by molar-refractivity contribution is 5.72. The molecule has 22 heavy (non-hydrogen) atoms. The Morgan fingerprint density at radius 1 is 1.27 bits per heavy atom. The minimum absolute atomic E-state index is 0.226. The standard InChI is InChI=1S/C16H15N3O3/c1-10-8-14(20)18-9-13(12-6-4-3-5-7-12)17-16(18)19(10)11(2)15(21)22/h3-9,11H,1-2H3,(H,21,22)/t11-/m1/s1. The van der Waals surface area contributed by atoms with Crippen LogP contribution in [0.25, 0.3) is 17.0 Å². The highest BCUT2D eigenvalue weighted by Crippen LogP contribution is 2.20. The average Bonchev–Trinajstić information content (AvgIpc) is 2.93. The minimum atomic E-state index is -0.974.